The van der Waals surface area contributed by atoms with Crippen molar-refractivity contribution < 1.29 is 14.3 Å². The lowest BCUT2D eigenvalue weighted by Gasteiger charge is -2.26. The molecule has 210 valence electrons. The van der Waals surface area contributed by atoms with Gasteiger partial charge in [-0.2, -0.15) is 0 Å². The molecule has 2 amide bonds. The summed E-state index contributed by atoms with van der Waals surface area (Å²) in [6.07, 6.45) is 6.29. The molecule has 1 aliphatic rings. The number of carbonyl (C=O) groups is 2. The minimum Gasteiger partial charge on any atom is -0.385 e. The van der Waals surface area contributed by atoms with Crippen LogP contribution in [0.25, 0.3) is 22.6 Å². The molecule has 0 bridgehead atoms. The van der Waals surface area contributed by atoms with Gasteiger partial charge < -0.3 is 14.6 Å². The van der Waals surface area contributed by atoms with Crippen molar-refractivity contribution >= 4 is 28.8 Å². The predicted molar refractivity (Wildman–Crippen MR) is 148 cm³/mol. The maximum Gasteiger partial charge on any atom is 0.332 e. The van der Waals surface area contributed by atoms with Gasteiger partial charge in [0.1, 0.15) is 17.2 Å². The van der Waals surface area contributed by atoms with Crippen molar-refractivity contribution in [3.05, 3.63) is 39.2 Å². The number of nitrogens with one attached hydrogen (secondary N) is 1. The summed E-state index contributed by atoms with van der Waals surface area (Å²) in [4.78, 5) is 66.5. The molecule has 1 fully saturated rings. The van der Waals surface area contributed by atoms with Crippen molar-refractivity contribution in [2.24, 2.45) is 0 Å². The number of carbonyl (C=O) groups excluding carboxylic acids is 2. The van der Waals surface area contributed by atoms with E-state index in [1.165, 1.54) is 16.1 Å². The molecule has 1 saturated heterocycles. The summed E-state index contributed by atoms with van der Waals surface area (Å²) in [7, 11) is 1.60. The van der Waals surface area contributed by atoms with Gasteiger partial charge in [-0.1, -0.05) is 13.3 Å². The molecule has 0 spiro atoms. The van der Waals surface area contributed by atoms with Crippen LogP contribution in [0.2, 0.25) is 0 Å². The molecular formula is C27H37N7O5. The van der Waals surface area contributed by atoms with Crippen molar-refractivity contribution in [3.63, 3.8) is 0 Å². The molecule has 3 aromatic heterocycles. The van der Waals surface area contributed by atoms with E-state index < -0.39 is 11.2 Å². The Hall–Kier alpha value is -3.80. The number of imidazole rings is 1. The number of ether oxygens (including phenoxy) is 1. The van der Waals surface area contributed by atoms with Crippen molar-refractivity contribution in [3.8, 4) is 11.4 Å². The largest absolute Gasteiger partial charge is 0.385 e. The number of likely N-dealkylation sites (tertiary alicyclic amines) is 1. The first kappa shape index (κ1) is 28.2. The van der Waals surface area contributed by atoms with Gasteiger partial charge in [0.05, 0.1) is 0 Å². The highest BCUT2D eigenvalue weighted by molar-refractivity contribution is 5.90. The fraction of sp³-hybridized carbons (Fsp3) is 0.556. The van der Waals surface area contributed by atoms with Gasteiger partial charge in [0.2, 0.25) is 11.8 Å². The van der Waals surface area contributed by atoms with Crippen LogP contribution in [0, 0.1) is 0 Å². The summed E-state index contributed by atoms with van der Waals surface area (Å²) >= 11 is 0. The van der Waals surface area contributed by atoms with Crippen LogP contribution in [0.15, 0.2) is 27.9 Å². The van der Waals surface area contributed by atoms with E-state index in [1.807, 2.05) is 11.8 Å². The number of fused-ring (bicyclic) bond motifs is 1. The maximum atomic E-state index is 13.1. The van der Waals surface area contributed by atoms with Gasteiger partial charge in [-0.25, -0.2) is 14.8 Å². The molecule has 3 aromatic rings. The quantitative estimate of drug-likeness (QED) is 0.369. The van der Waals surface area contributed by atoms with Crippen LogP contribution in [-0.2, 0) is 27.4 Å². The van der Waals surface area contributed by atoms with E-state index in [4.69, 9.17) is 4.74 Å². The second-order valence-electron chi connectivity index (χ2n) is 9.79. The zero-order valence-corrected chi connectivity index (χ0v) is 22.9. The van der Waals surface area contributed by atoms with Crippen molar-refractivity contribution in [1.82, 2.24) is 29.0 Å². The average molecular weight is 540 g/mol. The van der Waals surface area contributed by atoms with Crippen LogP contribution < -0.4 is 16.1 Å². The molecule has 12 heteroatoms. The number of aryl methyl sites for hydroxylation is 1. The number of amides is 2. The van der Waals surface area contributed by atoms with E-state index in [1.54, 1.807) is 30.3 Å². The Bertz CT molecular complexity index is 1420. The zero-order chi connectivity index (χ0) is 27.9. The van der Waals surface area contributed by atoms with Crippen molar-refractivity contribution in [2.45, 2.75) is 65.5 Å². The number of hydrogen-bond donors (Lipinski definition) is 1. The first-order valence-electron chi connectivity index (χ1n) is 13.6. The van der Waals surface area contributed by atoms with Gasteiger partial charge in [0.25, 0.3) is 5.56 Å². The number of methoxy groups -OCH3 is 1. The summed E-state index contributed by atoms with van der Waals surface area (Å²) < 4.78 is 7.88. The molecule has 39 heavy (non-hydrogen) atoms. The third-order valence-corrected chi connectivity index (χ3v) is 6.98. The normalized spacial score (nSPS) is 14.1. The van der Waals surface area contributed by atoms with Gasteiger partial charge >= 0.3 is 5.69 Å². The van der Waals surface area contributed by atoms with Gasteiger partial charge in [-0.3, -0.25) is 28.4 Å². The standard InChI is InChI=1S/C27H37N7O5/c1-4-12-34-26(37)23-25(33(27(34)38)14-8-17-39-3)30-24(29-23)20-10-11-21(28-18-20)32(19(2)35)16-15-31-13-7-5-6-9-22(31)36/h10-11,18H,4-9,12-17H2,1-3H3,(H,29,30). The van der Waals surface area contributed by atoms with Gasteiger partial charge in [-0.15, -0.1) is 0 Å². The summed E-state index contributed by atoms with van der Waals surface area (Å²) in [6.45, 7) is 6.05. The average Bonchev–Trinajstić information content (AvgIpc) is 3.27. The van der Waals surface area contributed by atoms with Crippen LogP contribution in [0.1, 0.15) is 52.4 Å². The molecule has 4 rings (SSSR count). The highest BCUT2D eigenvalue weighted by atomic mass is 16.5. The number of aromatic nitrogens is 5. The number of aromatic amines is 1. The summed E-state index contributed by atoms with van der Waals surface area (Å²) in [6, 6.07) is 3.49. The lowest BCUT2D eigenvalue weighted by atomic mass is 10.2. The third kappa shape index (κ3) is 6.27. The molecule has 1 aliphatic heterocycles. The number of pyridine rings is 1. The van der Waals surface area contributed by atoms with E-state index in [0.717, 1.165) is 19.3 Å². The number of nitrogens with zero attached hydrogens (tertiary/aromatic N) is 6. The molecule has 1 N–H and O–H groups in total. The lowest BCUT2D eigenvalue weighted by molar-refractivity contribution is -0.130. The molecule has 4 heterocycles. The molecular weight excluding hydrogens is 502 g/mol. The monoisotopic (exact) mass is 539 g/mol. The van der Waals surface area contributed by atoms with E-state index in [-0.39, 0.29) is 17.3 Å². The topological polar surface area (TPSA) is 135 Å². The lowest BCUT2D eigenvalue weighted by Crippen LogP contribution is -2.40. The Morgan fingerprint density at radius 3 is 2.62 bits per heavy atom. The van der Waals surface area contributed by atoms with E-state index in [9.17, 15) is 19.2 Å². The Morgan fingerprint density at radius 2 is 1.92 bits per heavy atom. The van der Waals surface area contributed by atoms with Crippen molar-refractivity contribution in [1.29, 1.82) is 0 Å². The van der Waals surface area contributed by atoms with Crippen LogP contribution in [-0.4, -0.2) is 74.2 Å². The molecule has 12 nitrogen and oxygen atoms in total. The first-order valence-corrected chi connectivity index (χ1v) is 13.6. The number of hydrogen-bond acceptors (Lipinski definition) is 7. The first-order chi connectivity index (χ1) is 18.8. The van der Waals surface area contributed by atoms with E-state index in [0.29, 0.717) is 81.4 Å². The highest BCUT2D eigenvalue weighted by Crippen LogP contribution is 2.21. The van der Waals surface area contributed by atoms with Crippen LogP contribution in [0.4, 0.5) is 5.82 Å². The molecule has 0 aromatic carbocycles. The Morgan fingerprint density at radius 1 is 1.10 bits per heavy atom. The second-order valence-corrected chi connectivity index (χ2v) is 9.79. The molecule has 0 saturated carbocycles. The van der Waals surface area contributed by atoms with Gasteiger partial charge in [0.15, 0.2) is 5.65 Å². The fourth-order valence-electron chi connectivity index (χ4n) is 4.91. The summed E-state index contributed by atoms with van der Waals surface area (Å²) in [5, 5.41) is 0. The Kier molecular flexibility index (Phi) is 9.28. The number of rotatable bonds is 11. The predicted octanol–water partition coefficient (Wildman–Crippen LogP) is 2.15. The molecule has 0 atom stereocenters. The highest BCUT2D eigenvalue weighted by Gasteiger charge is 2.21. The Labute approximate surface area is 226 Å². The molecule has 0 unspecified atom stereocenters. The minimum absolute atomic E-state index is 0.128. The van der Waals surface area contributed by atoms with Crippen molar-refractivity contribution in [2.75, 3.05) is 38.3 Å². The molecule has 0 aliphatic carbocycles. The number of H-pyrrole nitrogens is 1. The third-order valence-electron chi connectivity index (χ3n) is 6.98. The van der Waals surface area contributed by atoms with E-state index >= 15 is 0 Å². The molecule has 0 radical (unpaired) electrons. The summed E-state index contributed by atoms with van der Waals surface area (Å²) in [5.41, 5.74) is 0.358. The smallest absolute Gasteiger partial charge is 0.332 e. The van der Waals surface area contributed by atoms with Crippen LogP contribution in [0.3, 0.4) is 0 Å². The van der Waals surface area contributed by atoms with E-state index in [2.05, 4.69) is 15.0 Å². The SMILES string of the molecule is CCCn1c(=O)c2[nH]c(-c3ccc(N(CCN4CCCCCC4=O)C(C)=O)nc3)nc2n(CCCOC)c1=O. The zero-order valence-electron chi connectivity index (χ0n) is 22.9. The maximum absolute atomic E-state index is 13.1. The van der Waals surface area contributed by atoms with Gasteiger partial charge in [0, 0.05) is 71.5 Å². The fourth-order valence-corrected chi connectivity index (χ4v) is 4.91. The van der Waals surface area contributed by atoms with Crippen LogP contribution >= 0.6 is 0 Å². The Balaban J connectivity index is 1.61. The summed E-state index contributed by atoms with van der Waals surface area (Å²) in [5.74, 6) is 0.826. The second kappa shape index (κ2) is 12.8. The van der Waals surface area contributed by atoms with Gasteiger partial charge in [-0.05, 0) is 37.8 Å². The number of anilines is 1. The van der Waals surface area contributed by atoms with Crippen LogP contribution in [0.5, 0.6) is 0 Å². The minimum atomic E-state index is -0.408.